The Bertz CT molecular complexity index is 560. The third-order valence-corrected chi connectivity index (χ3v) is 3.89. The second-order valence-corrected chi connectivity index (χ2v) is 5.29. The summed E-state index contributed by atoms with van der Waals surface area (Å²) in [5, 5.41) is 8.72. The van der Waals surface area contributed by atoms with Crippen LogP contribution in [0.15, 0.2) is 24.7 Å². The molecule has 0 bridgehead atoms. The third kappa shape index (κ3) is 2.56. The molecule has 3 heterocycles. The average molecular weight is 278 g/mol. The predicted octanol–water partition coefficient (Wildman–Crippen LogP) is 2.25. The Morgan fingerprint density at radius 3 is 2.74 bits per heavy atom. The van der Waals surface area contributed by atoms with Crippen LogP contribution < -0.4 is 4.90 Å². The lowest BCUT2D eigenvalue weighted by atomic mass is 9.95. The highest BCUT2D eigenvalue weighted by Gasteiger charge is 2.24. The van der Waals surface area contributed by atoms with E-state index in [-0.39, 0.29) is 0 Å². The third-order valence-electron chi connectivity index (χ3n) is 3.68. The molecule has 1 aliphatic rings. The highest BCUT2D eigenvalue weighted by molar-refractivity contribution is 6.29. The van der Waals surface area contributed by atoms with E-state index in [1.165, 1.54) is 0 Å². The molecule has 0 saturated carbocycles. The lowest BCUT2D eigenvalue weighted by Gasteiger charge is -2.33. The second kappa shape index (κ2) is 5.17. The maximum Gasteiger partial charge on any atom is 0.135 e. The van der Waals surface area contributed by atoms with E-state index in [1.54, 1.807) is 12.5 Å². The Kier molecular flexibility index (Phi) is 3.38. The summed E-state index contributed by atoms with van der Waals surface area (Å²) in [4.78, 5) is 6.37. The van der Waals surface area contributed by atoms with Gasteiger partial charge < -0.3 is 9.47 Å². The van der Waals surface area contributed by atoms with E-state index in [1.807, 2.05) is 23.7 Å². The van der Waals surface area contributed by atoms with Gasteiger partial charge >= 0.3 is 0 Å². The number of hydrogen-bond acceptors (Lipinski definition) is 4. The molecule has 0 aromatic carbocycles. The minimum Gasteiger partial charge on any atom is -0.371 e. The highest BCUT2D eigenvalue weighted by atomic mass is 35.5. The lowest BCUT2D eigenvalue weighted by Crippen LogP contribution is -2.33. The molecule has 0 spiro atoms. The van der Waals surface area contributed by atoms with Gasteiger partial charge in [-0.05, 0) is 25.0 Å². The van der Waals surface area contributed by atoms with Crippen LogP contribution in [0.25, 0.3) is 0 Å². The second-order valence-electron chi connectivity index (χ2n) is 4.90. The van der Waals surface area contributed by atoms with Crippen molar-refractivity contribution < 1.29 is 0 Å². The van der Waals surface area contributed by atoms with E-state index < -0.39 is 0 Å². The Balaban J connectivity index is 1.68. The summed E-state index contributed by atoms with van der Waals surface area (Å²) < 4.78 is 2.02. The van der Waals surface area contributed by atoms with Gasteiger partial charge in [0.2, 0.25) is 0 Å². The smallest absolute Gasteiger partial charge is 0.135 e. The van der Waals surface area contributed by atoms with Crippen molar-refractivity contribution in [2.24, 2.45) is 7.05 Å². The van der Waals surface area contributed by atoms with Crippen molar-refractivity contribution in [3.05, 3.63) is 35.6 Å². The molecule has 0 aliphatic carbocycles. The number of piperidine rings is 1. The van der Waals surface area contributed by atoms with Crippen molar-refractivity contribution in [3.63, 3.8) is 0 Å². The molecule has 19 heavy (non-hydrogen) atoms. The van der Waals surface area contributed by atoms with Gasteiger partial charge in [-0.2, -0.15) is 0 Å². The van der Waals surface area contributed by atoms with Gasteiger partial charge in [-0.3, -0.25) is 0 Å². The van der Waals surface area contributed by atoms with Gasteiger partial charge in [0.15, 0.2) is 0 Å². The molecule has 1 fully saturated rings. The summed E-state index contributed by atoms with van der Waals surface area (Å²) in [6.45, 7) is 2.02. The minimum atomic E-state index is 0.501. The van der Waals surface area contributed by atoms with Crippen LogP contribution in [-0.4, -0.2) is 32.8 Å². The molecule has 0 atom stereocenters. The molecule has 0 N–H and O–H groups in total. The molecular formula is C13H16ClN5. The van der Waals surface area contributed by atoms with Gasteiger partial charge in [-0.1, -0.05) is 11.6 Å². The molecule has 1 aliphatic heterocycles. The van der Waals surface area contributed by atoms with E-state index in [2.05, 4.69) is 20.1 Å². The van der Waals surface area contributed by atoms with Crippen LogP contribution in [-0.2, 0) is 7.05 Å². The average Bonchev–Trinajstić information content (AvgIpc) is 2.85. The maximum absolute atomic E-state index is 5.94. The molecule has 3 rings (SSSR count). The van der Waals surface area contributed by atoms with Gasteiger partial charge in [0.05, 0.1) is 0 Å². The number of pyridine rings is 1. The molecule has 2 aromatic heterocycles. The quantitative estimate of drug-likeness (QED) is 0.790. The van der Waals surface area contributed by atoms with Gasteiger partial charge in [0.1, 0.15) is 17.3 Å². The summed E-state index contributed by atoms with van der Waals surface area (Å²) in [5.41, 5.74) is 1.15. The number of aryl methyl sites for hydroxylation is 1. The lowest BCUT2D eigenvalue weighted by molar-refractivity contribution is 0.474. The van der Waals surface area contributed by atoms with Crippen molar-refractivity contribution in [3.8, 4) is 0 Å². The normalized spacial score (nSPS) is 16.8. The zero-order valence-corrected chi connectivity index (χ0v) is 11.6. The van der Waals surface area contributed by atoms with Crippen LogP contribution in [0.2, 0.25) is 5.15 Å². The summed E-state index contributed by atoms with van der Waals surface area (Å²) in [6.07, 6.45) is 5.70. The van der Waals surface area contributed by atoms with Crippen LogP contribution in [0.4, 0.5) is 5.69 Å². The molecule has 6 heteroatoms. The van der Waals surface area contributed by atoms with Crippen LogP contribution in [0.3, 0.4) is 0 Å². The first-order chi connectivity index (χ1) is 9.24. The number of halogens is 1. The van der Waals surface area contributed by atoms with Gasteiger partial charge in [-0.25, -0.2) is 4.98 Å². The minimum absolute atomic E-state index is 0.501. The predicted molar refractivity (Wildman–Crippen MR) is 74.4 cm³/mol. The molecule has 0 radical (unpaired) electrons. The first-order valence-electron chi connectivity index (χ1n) is 6.44. The Morgan fingerprint density at radius 1 is 1.32 bits per heavy atom. The molecular weight excluding hydrogens is 262 g/mol. The fraction of sp³-hybridized carbons (Fsp3) is 0.462. The van der Waals surface area contributed by atoms with Gasteiger partial charge in [0.25, 0.3) is 0 Å². The highest BCUT2D eigenvalue weighted by Crippen LogP contribution is 2.29. The SMILES string of the molecule is Cn1cnnc1C1CCN(c2ccnc(Cl)c2)CC1. The van der Waals surface area contributed by atoms with E-state index >= 15 is 0 Å². The molecule has 0 unspecified atom stereocenters. The zero-order chi connectivity index (χ0) is 13.2. The Labute approximate surface area is 117 Å². The van der Waals surface area contributed by atoms with Crippen LogP contribution in [0.1, 0.15) is 24.6 Å². The summed E-state index contributed by atoms with van der Waals surface area (Å²) in [7, 11) is 2.00. The Morgan fingerprint density at radius 2 is 2.11 bits per heavy atom. The van der Waals surface area contributed by atoms with E-state index in [0.29, 0.717) is 11.1 Å². The number of nitrogens with zero attached hydrogens (tertiary/aromatic N) is 5. The number of aromatic nitrogens is 4. The van der Waals surface area contributed by atoms with Crippen molar-refractivity contribution in [2.75, 3.05) is 18.0 Å². The van der Waals surface area contributed by atoms with Crippen molar-refractivity contribution in [2.45, 2.75) is 18.8 Å². The molecule has 2 aromatic rings. The van der Waals surface area contributed by atoms with Gasteiger partial charge in [-0.15, -0.1) is 10.2 Å². The van der Waals surface area contributed by atoms with E-state index in [4.69, 9.17) is 11.6 Å². The largest absolute Gasteiger partial charge is 0.371 e. The fourth-order valence-corrected chi connectivity index (χ4v) is 2.81. The molecule has 1 saturated heterocycles. The molecule has 0 amide bonds. The van der Waals surface area contributed by atoms with Crippen LogP contribution >= 0.6 is 11.6 Å². The Hall–Kier alpha value is -1.62. The van der Waals surface area contributed by atoms with Crippen LogP contribution in [0.5, 0.6) is 0 Å². The first-order valence-corrected chi connectivity index (χ1v) is 6.82. The number of hydrogen-bond donors (Lipinski definition) is 0. The standard InChI is InChI=1S/C13H16ClN5/c1-18-9-16-17-13(18)10-3-6-19(7-4-10)11-2-5-15-12(14)8-11/h2,5,8-10H,3-4,6-7H2,1H3. The summed E-state index contributed by atoms with van der Waals surface area (Å²) in [6, 6.07) is 3.93. The number of anilines is 1. The summed E-state index contributed by atoms with van der Waals surface area (Å²) >= 11 is 5.94. The molecule has 5 nitrogen and oxygen atoms in total. The van der Waals surface area contributed by atoms with Crippen molar-refractivity contribution in [1.82, 2.24) is 19.7 Å². The number of rotatable bonds is 2. The molecule has 100 valence electrons. The maximum atomic E-state index is 5.94. The summed E-state index contributed by atoms with van der Waals surface area (Å²) in [5.74, 6) is 1.59. The van der Waals surface area contributed by atoms with E-state index in [0.717, 1.165) is 37.4 Å². The van der Waals surface area contributed by atoms with Crippen molar-refractivity contribution in [1.29, 1.82) is 0 Å². The first kappa shape index (κ1) is 12.4. The van der Waals surface area contributed by atoms with E-state index in [9.17, 15) is 0 Å². The zero-order valence-electron chi connectivity index (χ0n) is 10.8. The fourth-order valence-electron chi connectivity index (χ4n) is 2.65. The topological polar surface area (TPSA) is 46.8 Å². The van der Waals surface area contributed by atoms with Gasteiger partial charge in [0, 0.05) is 37.9 Å². The van der Waals surface area contributed by atoms with Crippen molar-refractivity contribution >= 4 is 17.3 Å². The monoisotopic (exact) mass is 277 g/mol. The van der Waals surface area contributed by atoms with Crippen LogP contribution in [0, 0.1) is 0 Å².